The molecule has 134 valence electrons. The highest BCUT2D eigenvalue weighted by Crippen LogP contribution is 2.60. The van der Waals surface area contributed by atoms with Gasteiger partial charge in [-0.2, -0.15) is 0 Å². The lowest BCUT2D eigenvalue weighted by atomic mass is 9.49. The Morgan fingerprint density at radius 1 is 1.04 bits per heavy atom. The van der Waals surface area contributed by atoms with E-state index >= 15 is 0 Å². The molecule has 4 aliphatic carbocycles. The smallest absolute Gasteiger partial charge is 0.257 e. The quantitative estimate of drug-likeness (QED) is 0.452. The minimum atomic E-state index is -0.291. The van der Waals surface area contributed by atoms with Crippen molar-refractivity contribution in [1.29, 1.82) is 0 Å². The van der Waals surface area contributed by atoms with Crippen molar-refractivity contribution in [3.8, 4) is 0 Å². The molecule has 0 aliphatic heterocycles. The number of nitrogens with one attached hydrogen (secondary N) is 4. The van der Waals surface area contributed by atoms with Gasteiger partial charge in [0.05, 0.1) is 6.54 Å². The Bertz CT molecular complexity index is 499. The molecule has 4 aliphatic rings. The van der Waals surface area contributed by atoms with Gasteiger partial charge in [0.25, 0.3) is 5.91 Å². The van der Waals surface area contributed by atoms with Gasteiger partial charge >= 0.3 is 0 Å². The van der Waals surface area contributed by atoms with Crippen molar-refractivity contribution in [2.75, 3.05) is 6.54 Å². The Labute approximate surface area is 148 Å². The third kappa shape index (κ3) is 3.82. The number of carbonyl (C=O) groups excluding carboxylic acids is 2. The monoisotopic (exact) mass is 352 g/mol. The number of amides is 2. The van der Waals surface area contributed by atoms with Gasteiger partial charge in [0.15, 0.2) is 5.11 Å². The highest BCUT2D eigenvalue weighted by atomic mass is 32.1. The molecule has 24 heavy (non-hydrogen) atoms. The third-order valence-corrected chi connectivity index (χ3v) is 5.88. The van der Waals surface area contributed by atoms with Crippen LogP contribution in [-0.2, 0) is 9.59 Å². The van der Waals surface area contributed by atoms with Gasteiger partial charge < -0.3 is 10.6 Å². The molecule has 0 unspecified atom stereocenters. The zero-order chi connectivity index (χ0) is 17.3. The second kappa shape index (κ2) is 6.86. The fourth-order valence-electron chi connectivity index (χ4n) is 5.21. The lowest BCUT2D eigenvalue weighted by Crippen LogP contribution is -2.55. The first-order chi connectivity index (χ1) is 11.4. The van der Waals surface area contributed by atoms with E-state index in [0.717, 1.165) is 37.0 Å². The predicted molar refractivity (Wildman–Crippen MR) is 95.8 cm³/mol. The van der Waals surface area contributed by atoms with Crippen LogP contribution in [0.2, 0.25) is 0 Å². The van der Waals surface area contributed by atoms with Gasteiger partial charge in [0, 0.05) is 11.5 Å². The molecule has 0 spiro atoms. The molecule has 0 heterocycles. The summed E-state index contributed by atoms with van der Waals surface area (Å²) < 4.78 is 0. The summed E-state index contributed by atoms with van der Waals surface area (Å²) in [7, 11) is 0. The molecular weight excluding hydrogens is 324 g/mol. The number of rotatable bonds is 4. The van der Waals surface area contributed by atoms with Crippen molar-refractivity contribution in [3.63, 3.8) is 0 Å². The predicted octanol–water partition coefficient (Wildman–Crippen LogP) is 1.22. The number of hydrazine groups is 1. The molecule has 4 saturated carbocycles. The van der Waals surface area contributed by atoms with Crippen LogP contribution in [0.25, 0.3) is 0 Å². The normalized spacial score (nSPS) is 33.2. The molecule has 0 aromatic heterocycles. The van der Waals surface area contributed by atoms with Crippen LogP contribution >= 0.6 is 12.2 Å². The number of carbonyl (C=O) groups is 2. The topological polar surface area (TPSA) is 82.3 Å². The van der Waals surface area contributed by atoms with E-state index in [2.05, 4.69) is 21.5 Å². The summed E-state index contributed by atoms with van der Waals surface area (Å²) in [4.78, 5) is 24.6. The highest BCUT2D eigenvalue weighted by molar-refractivity contribution is 7.80. The Balaban J connectivity index is 1.44. The summed E-state index contributed by atoms with van der Waals surface area (Å²) in [6, 6.07) is 0.192. The first kappa shape index (κ1) is 17.5. The summed E-state index contributed by atoms with van der Waals surface area (Å²) in [5.74, 6) is 1.94. The average Bonchev–Trinajstić information content (AvgIpc) is 2.48. The summed E-state index contributed by atoms with van der Waals surface area (Å²) in [6.45, 7) is 3.90. The summed E-state index contributed by atoms with van der Waals surface area (Å²) >= 11 is 5.04. The van der Waals surface area contributed by atoms with Crippen molar-refractivity contribution < 1.29 is 9.59 Å². The van der Waals surface area contributed by atoms with Crippen LogP contribution < -0.4 is 21.5 Å². The Kier molecular flexibility index (Phi) is 4.99. The zero-order valence-corrected chi connectivity index (χ0v) is 15.3. The van der Waals surface area contributed by atoms with Crippen molar-refractivity contribution in [3.05, 3.63) is 0 Å². The SMILES string of the molecule is CC(C)NC(=S)NNC(=O)CNC(=O)C12CC3CC(CC(C3)C1)C2. The third-order valence-electron chi connectivity index (χ3n) is 5.66. The Morgan fingerprint density at radius 2 is 1.58 bits per heavy atom. The first-order valence-electron chi connectivity index (χ1n) is 9.00. The molecule has 7 heteroatoms. The number of thiocarbonyl (C=S) groups is 1. The van der Waals surface area contributed by atoms with E-state index in [-0.39, 0.29) is 29.8 Å². The lowest BCUT2D eigenvalue weighted by molar-refractivity contribution is -0.147. The summed E-state index contributed by atoms with van der Waals surface area (Å²) in [5.41, 5.74) is 4.94. The van der Waals surface area contributed by atoms with Crippen LogP contribution in [-0.4, -0.2) is 29.5 Å². The van der Waals surface area contributed by atoms with E-state index in [1.165, 1.54) is 19.3 Å². The van der Waals surface area contributed by atoms with Crippen molar-refractivity contribution in [1.82, 2.24) is 21.5 Å². The largest absolute Gasteiger partial charge is 0.359 e. The first-order valence-corrected chi connectivity index (χ1v) is 9.41. The molecule has 4 N–H and O–H groups in total. The molecule has 0 aromatic rings. The molecule has 4 fully saturated rings. The zero-order valence-electron chi connectivity index (χ0n) is 14.5. The van der Waals surface area contributed by atoms with Gasteiger partial charge in [-0.05, 0) is 82.3 Å². The maximum atomic E-state index is 12.7. The molecule has 0 saturated heterocycles. The van der Waals surface area contributed by atoms with Crippen LogP contribution in [0, 0.1) is 23.2 Å². The van der Waals surface area contributed by atoms with Crippen LogP contribution in [0.4, 0.5) is 0 Å². The van der Waals surface area contributed by atoms with E-state index in [4.69, 9.17) is 12.2 Å². The fourth-order valence-corrected chi connectivity index (χ4v) is 5.49. The number of hydrogen-bond donors (Lipinski definition) is 4. The fraction of sp³-hybridized carbons (Fsp3) is 0.824. The van der Waals surface area contributed by atoms with Gasteiger partial charge in [-0.25, -0.2) is 0 Å². The second-order valence-electron chi connectivity index (χ2n) is 8.18. The molecule has 0 atom stereocenters. The number of hydrogen-bond acceptors (Lipinski definition) is 3. The van der Waals surface area contributed by atoms with Gasteiger partial charge in [-0.3, -0.25) is 20.4 Å². The average molecular weight is 353 g/mol. The standard InChI is InChI=1S/C17H28N4O2S/c1-10(2)19-16(24)21-20-14(22)9-18-15(23)17-6-11-3-12(7-17)5-13(4-11)8-17/h10-13H,3-9H2,1-2H3,(H,18,23)(H,20,22)(H2,19,21,24). The molecule has 6 nitrogen and oxygen atoms in total. The second-order valence-corrected chi connectivity index (χ2v) is 8.59. The molecular formula is C17H28N4O2S. The maximum Gasteiger partial charge on any atom is 0.257 e. The summed E-state index contributed by atoms with van der Waals surface area (Å²) in [5, 5.41) is 6.19. The van der Waals surface area contributed by atoms with Gasteiger partial charge in [0.1, 0.15) is 0 Å². The molecule has 4 rings (SSSR count). The van der Waals surface area contributed by atoms with Crippen molar-refractivity contribution >= 4 is 29.1 Å². The Hall–Kier alpha value is -1.37. The maximum absolute atomic E-state index is 12.7. The van der Waals surface area contributed by atoms with Crippen molar-refractivity contribution in [2.24, 2.45) is 23.2 Å². The summed E-state index contributed by atoms with van der Waals surface area (Å²) in [6.07, 6.45) is 6.93. The van der Waals surface area contributed by atoms with E-state index < -0.39 is 0 Å². The van der Waals surface area contributed by atoms with Gasteiger partial charge in [-0.1, -0.05) is 0 Å². The molecule has 0 radical (unpaired) electrons. The van der Waals surface area contributed by atoms with E-state index in [1.807, 2.05) is 13.8 Å². The molecule has 4 bridgehead atoms. The van der Waals surface area contributed by atoms with Gasteiger partial charge in [0.2, 0.25) is 5.91 Å². The lowest BCUT2D eigenvalue weighted by Gasteiger charge is -2.55. The van der Waals surface area contributed by atoms with E-state index in [1.54, 1.807) is 0 Å². The van der Waals surface area contributed by atoms with Crippen molar-refractivity contribution in [2.45, 2.75) is 58.4 Å². The van der Waals surface area contributed by atoms with E-state index in [9.17, 15) is 9.59 Å². The van der Waals surface area contributed by atoms with Gasteiger partial charge in [-0.15, -0.1) is 0 Å². The van der Waals surface area contributed by atoms with Crippen LogP contribution in [0.3, 0.4) is 0 Å². The van der Waals surface area contributed by atoms with Crippen LogP contribution in [0.5, 0.6) is 0 Å². The minimum Gasteiger partial charge on any atom is -0.359 e. The molecule has 2 amide bonds. The van der Waals surface area contributed by atoms with E-state index in [0.29, 0.717) is 5.11 Å². The Morgan fingerprint density at radius 3 is 2.08 bits per heavy atom. The van der Waals surface area contributed by atoms with Crippen LogP contribution in [0.1, 0.15) is 52.4 Å². The molecule has 0 aromatic carbocycles. The minimum absolute atomic E-state index is 0.0160. The highest BCUT2D eigenvalue weighted by Gasteiger charge is 2.54. The van der Waals surface area contributed by atoms with Crippen LogP contribution in [0.15, 0.2) is 0 Å².